The Morgan fingerprint density at radius 1 is 1.33 bits per heavy atom. The molecule has 2 amide bonds. The molecule has 0 saturated heterocycles. The van der Waals surface area contributed by atoms with Crippen LogP contribution in [0.15, 0.2) is 24.3 Å². The van der Waals surface area contributed by atoms with E-state index in [0.717, 1.165) is 16.1 Å². The van der Waals surface area contributed by atoms with Crippen molar-refractivity contribution in [1.29, 1.82) is 0 Å². The minimum Gasteiger partial charge on any atom is -0.346 e. The van der Waals surface area contributed by atoms with Crippen LogP contribution in [-0.4, -0.2) is 29.9 Å². The maximum absolute atomic E-state index is 11.7. The zero-order chi connectivity index (χ0) is 16.8. The molecule has 6 nitrogen and oxygen atoms in total. The number of carbonyl (C=O) groups is 2. The number of rotatable bonds is 6. The second-order valence-corrected chi connectivity index (χ2v) is 6.38. The molecule has 0 aliphatic rings. The molecule has 2 aromatic rings. The molecule has 0 unspecified atom stereocenters. The van der Waals surface area contributed by atoms with Crippen molar-refractivity contribution in [3.63, 3.8) is 0 Å². The number of aryl methyl sites for hydroxylation is 1. The zero-order valence-electron chi connectivity index (χ0n) is 13.0. The Hall–Kier alpha value is -1.67. The van der Waals surface area contributed by atoms with E-state index in [1.54, 1.807) is 0 Å². The minimum atomic E-state index is -0.378. The van der Waals surface area contributed by atoms with Crippen LogP contribution >= 0.6 is 35.3 Å². The lowest BCUT2D eigenvalue weighted by Gasteiger charge is -2.03. The van der Waals surface area contributed by atoms with Gasteiger partial charge in [0.05, 0.1) is 18.8 Å². The Bertz CT molecular complexity index is 721. The predicted molar refractivity (Wildman–Crippen MR) is 99.1 cm³/mol. The average molecular weight is 389 g/mol. The number of nitrogens with zero attached hydrogens (tertiary/aromatic N) is 1. The molecule has 1 aromatic carbocycles. The summed E-state index contributed by atoms with van der Waals surface area (Å²) in [5, 5.41) is 6.27. The highest BCUT2D eigenvalue weighted by atomic mass is 35.5. The summed E-state index contributed by atoms with van der Waals surface area (Å²) in [5.41, 5.74) is 7.09. The SMILES string of the molecule is Cc1nc(NC(=O)CNC(=O)CN)sc1Cc1cccc(Cl)c1.Cl. The van der Waals surface area contributed by atoms with Crippen molar-refractivity contribution in [3.8, 4) is 0 Å². The van der Waals surface area contributed by atoms with Crippen molar-refractivity contribution in [3.05, 3.63) is 45.4 Å². The molecule has 2 rings (SSSR count). The third kappa shape index (κ3) is 6.09. The van der Waals surface area contributed by atoms with E-state index in [-0.39, 0.29) is 37.3 Å². The molecule has 9 heteroatoms. The number of nitrogens with two attached hydrogens (primary N) is 1. The van der Waals surface area contributed by atoms with Gasteiger partial charge in [0, 0.05) is 16.3 Å². The normalized spacial score (nSPS) is 9.96. The molecule has 0 radical (unpaired) electrons. The van der Waals surface area contributed by atoms with Crippen LogP contribution in [0.5, 0.6) is 0 Å². The van der Waals surface area contributed by atoms with Crippen molar-refractivity contribution in [2.45, 2.75) is 13.3 Å². The molecule has 0 atom stereocenters. The molecule has 0 saturated carbocycles. The second kappa shape index (κ2) is 9.58. The molecule has 0 aliphatic carbocycles. The summed E-state index contributed by atoms with van der Waals surface area (Å²) in [6, 6.07) is 7.62. The smallest absolute Gasteiger partial charge is 0.245 e. The minimum absolute atomic E-state index is 0. The van der Waals surface area contributed by atoms with Crippen molar-refractivity contribution in [2.24, 2.45) is 5.73 Å². The van der Waals surface area contributed by atoms with Gasteiger partial charge in [0.1, 0.15) is 0 Å². The van der Waals surface area contributed by atoms with Gasteiger partial charge in [-0.25, -0.2) is 4.98 Å². The van der Waals surface area contributed by atoms with Crippen molar-refractivity contribution in [1.82, 2.24) is 10.3 Å². The lowest BCUT2D eigenvalue weighted by Crippen LogP contribution is -2.36. The first-order valence-electron chi connectivity index (χ1n) is 6.95. The van der Waals surface area contributed by atoms with Gasteiger partial charge in [0.15, 0.2) is 5.13 Å². The predicted octanol–water partition coefficient (Wildman–Crippen LogP) is 2.13. The Morgan fingerprint density at radius 3 is 2.75 bits per heavy atom. The topological polar surface area (TPSA) is 97.1 Å². The van der Waals surface area contributed by atoms with Crippen LogP contribution in [0.2, 0.25) is 5.02 Å². The van der Waals surface area contributed by atoms with E-state index in [1.807, 2.05) is 31.2 Å². The summed E-state index contributed by atoms with van der Waals surface area (Å²) < 4.78 is 0. The number of hydrogen-bond donors (Lipinski definition) is 3. The lowest BCUT2D eigenvalue weighted by molar-refractivity contribution is -0.123. The van der Waals surface area contributed by atoms with E-state index >= 15 is 0 Å². The molecular weight excluding hydrogens is 371 g/mol. The van der Waals surface area contributed by atoms with E-state index in [4.69, 9.17) is 17.3 Å². The van der Waals surface area contributed by atoms with Crippen LogP contribution in [0.4, 0.5) is 5.13 Å². The van der Waals surface area contributed by atoms with Crippen molar-refractivity contribution < 1.29 is 9.59 Å². The Morgan fingerprint density at radius 2 is 2.08 bits per heavy atom. The molecule has 1 heterocycles. The van der Waals surface area contributed by atoms with Crippen LogP contribution < -0.4 is 16.4 Å². The molecular formula is C15H18Cl2N4O2S. The molecule has 4 N–H and O–H groups in total. The van der Waals surface area contributed by atoms with Gasteiger partial charge in [-0.1, -0.05) is 23.7 Å². The first-order valence-corrected chi connectivity index (χ1v) is 8.14. The highest BCUT2D eigenvalue weighted by Crippen LogP contribution is 2.25. The van der Waals surface area contributed by atoms with E-state index in [9.17, 15) is 9.59 Å². The van der Waals surface area contributed by atoms with Crippen LogP contribution in [0, 0.1) is 6.92 Å². The fraction of sp³-hybridized carbons (Fsp3) is 0.267. The quantitative estimate of drug-likeness (QED) is 0.705. The number of amides is 2. The fourth-order valence-electron chi connectivity index (χ4n) is 1.89. The number of halogens is 2. The van der Waals surface area contributed by atoms with Crippen LogP contribution in [0.3, 0.4) is 0 Å². The van der Waals surface area contributed by atoms with Gasteiger partial charge in [-0.15, -0.1) is 23.7 Å². The van der Waals surface area contributed by atoms with Crippen LogP contribution in [0.25, 0.3) is 0 Å². The van der Waals surface area contributed by atoms with E-state index in [2.05, 4.69) is 15.6 Å². The van der Waals surface area contributed by atoms with Gasteiger partial charge < -0.3 is 16.4 Å². The number of benzene rings is 1. The largest absolute Gasteiger partial charge is 0.346 e. The third-order valence-corrected chi connectivity index (χ3v) is 4.33. The van der Waals surface area contributed by atoms with Gasteiger partial charge in [-0.05, 0) is 24.6 Å². The lowest BCUT2D eigenvalue weighted by atomic mass is 10.1. The van der Waals surface area contributed by atoms with Gasteiger partial charge >= 0.3 is 0 Å². The Balaban J connectivity index is 0.00000288. The molecule has 130 valence electrons. The zero-order valence-corrected chi connectivity index (χ0v) is 15.4. The average Bonchev–Trinajstić information content (AvgIpc) is 2.84. The maximum atomic E-state index is 11.7. The summed E-state index contributed by atoms with van der Waals surface area (Å²) >= 11 is 7.39. The molecule has 0 aliphatic heterocycles. The molecule has 0 spiro atoms. The first-order chi connectivity index (χ1) is 11.0. The standard InChI is InChI=1S/C15H17ClN4O2S.ClH/c1-9-12(6-10-3-2-4-11(16)5-10)23-15(19-9)20-14(22)8-18-13(21)7-17;/h2-5H,6-8,17H2,1H3,(H,18,21)(H,19,20,22);1H. The fourth-order valence-corrected chi connectivity index (χ4v) is 3.12. The molecule has 0 bridgehead atoms. The van der Waals surface area contributed by atoms with Crippen molar-refractivity contribution >= 4 is 52.3 Å². The van der Waals surface area contributed by atoms with Crippen LogP contribution in [0.1, 0.15) is 16.1 Å². The number of thiazole rings is 1. The Kier molecular flexibility index (Phi) is 8.14. The number of nitrogens with one attached hydrogen (secondary N) is 2. The highest BCUT2D eigenvalue weighted by molar-refractivity contribution is 7.15. The highest BCUT2D eigenvalue weighted by Gasteiger charge is 2.11. The number of anilines is 1. The van der Waals surface area contributed by atoms with Crippen LogP contribution in [-0.2, 0) is 16.0 Å². The monoisotopic (exact) mass is 388 g/mol. The number of aromatic nitrogens is 1. The summed E-state index contributed by atoms with van der Waals surface area (Å²) in [4.78, 5) is 28.1. The van der Waals surface area contributed by atoms with Crippen molar-refractivity contribution in [2.75, 3.05) is 18.4 Å². The van der Waals surface area contributed by atoms with Gasteiger partial charge in [-0.2, -0.15) is 0 Å². The Labute approximate surface area is 155 Å². The van der Waals surface area contributed by atoms with E-state index in [0.29, 0.717) is 16.6 Å². The number of hydrogen-bond acceptors (Lipinski definition) is 5. The summed E-state index contributed by atoms with van der Waals surface area (Å²) in [7, 11) is 0. The summed E-state index contributed by atoms with van der Waals surface area (Å²) in [6.07, 6.45) is 0.698. The van der Waals surface area contributed by atoms with Gasteiger partial charge in [-0.3, -0.25) is 9.59 Å². The summed E-state index contributed by atoms with van der Waals surface area (Å²) in [6.45, 7) is 1.62. The van der Waals surface area contributed by atoms with Gasteiger partial charge in [0.25, 0.3) is 0 Å². The maximum Gasteiger partial charge on any atom is 0.245 e. The molecule has 24 heavy (non-hydrogen) atoms. The van der Waals surface area contributed by atoms with Gasteiger partial charge in [0.2, 0.25) is 11.8 Å². The molecule has 1 aromatic heterocycles. The summed E-state index contributed by atoms with van der Waals surface area (Å²) in [5.74, 6) is -0.716. The first kappa shape index (κ1) is 20.4. The second-order valence-electron chi connectivity index (χ2n) is 4.86. The van der Waals surface area contributed by atoms with E-state index in [1.165, 1.54) is 11.3 Å². The number of carbonyl (C=O) groups excluding carboxylic acids is 2. The van der Waals surface area contributed by atoms with E-state index < -0.39 is 0 Å². The molecule has 0 fully saturated rings. The third-order valence-electron chi connectivity index (χ3n) is 3.02.